The number of amidine groups is 1. The lowest BCUT2D eigenvalue weighted by Crippen LogP contribution is -2.23. The number of benzene rings is 2. The van der Waals surface area contributed by atoms with Crippen molar-refractivity contribution in [2.24, 2.45) is 21.8 Å². The van der Waals surface area contributed by atoms with Crippen LogP contribution in [0.1, 0.15) is 22.5 Å². The highest BCUT2D eigenvalue weighted by molar-refractivity contribution is 7.89. The Hall–Kier alpha value is -3.21. The number of H-pyrrole nitrogens is 1. The van der Waals surface area contributed by atoms with Gasteiger partial charge in [0.25, 0.3) is 0 Å². The molecule has 0 radical (unpaired) electrons. The largest absolute Gasteiger partial charge is 0.382 e. The molecule has 0 unspecified atom stereocenters. The summed E-state index contributed by atoms with van der Waals surface area (Å²) in [6.07, 6.45) is 0. The number of hydrazone groups is 1. The molecule has 0 bridgehead atoms. The van der Waals surface area contributed by atoms with E-state index in [4.69, 9.17) is 16.7 Å². The molecule has 152 valence electrons. The Labute approximate surface area is 169 Å². The summed E-state index contributed by atoms with van der Waals surface area (Å²) in [5.74, 6) is 5.20. The van der Waals surface area contributed by atoms with Gasteiger partial charge in [0.05, 0.1) is 10.6 Å². The van der Waals surface area contributed by atoms with Crippen LogP contribution in [0.5, 0.6) is 0 Å². The van der Waals surface area contributed by atoms with E-state index in [1.54, 1.807) is 12.1 Å². The van der Waals surface area contributed by atoms with Crippen molar-refractivity contribution in [1.82, 2.24) is 15.5 Å². The first-order valence-corrected chi connectivity index (χ1v) is 10.3. The van der Waals surface area contributed by atoms with Crippen LogP contribution in [0.25, 0.3) is 11.1 Å². The number of nitrogens with two attached hydrogens (primary N) is 3. The third-order valence-electron chi connectivity index (χ3n) is 4.39. The van der Waals surface area contributed by atoms with Crippen molar-refractivity contribution < 1.29 is 8.42 Å². The first kappa shape index (κ1) is 20.5. The Morgan fingerprint density at radius 2 is 1.90 bits per heavy atom. The number of nitrogens with one attached hydrogen (secondary N) is 2. The zero-order chi connectivity index (χ0) is 21.0. The van der Waals surface area contributed by atoms with Crippen molar-refractivity contribution in [3.8, 4) is 11.1 Å². The molecule has 1 aromatic heterocycles. The predicted octanol–water partition coefficient (Wildman–Crippen LogP) is 0.901. The van der Waals surface area contributed by atoms with Gasteiger partial charge < -0.3 is 16.9 Å². The highest BCUT2D eigenvalue weighted by Crippen LogP contribution is 2.28. The molecule has 9 nitrogen and oxygen atoms in total. The number of hydrogen-bond acceptors (Lipinski definition) is 6. The zero-order valence-electron chi connectivity index (χ0n) is 15.9. The van der Waals surface area contributed by atoms with Gasteiger partial charge >= 0.3 is 0 Å². The molecule has 3 aromatic rings. The third-order valence-corrected chi connectivity index (χ3v) is 5.34. The Kier molecular flexibility index (Phi) is 5.97. The van der Waals surface area contributed by atoms with Gasteiger partial charge in [0, 0.05) is 24.3 Å². The topological polar surface area (TPSA) is 165 Å². The van der Waals surface area contributed by atoms with E-state index in [1.165, 1.54) is 6.07 Å². The van der Waals surface area contributed by atoms with Crippen LogP contribution >= 0.6 is 0 Å². The van der Waals surface area contributed by atoms with Crippen LogP contribution in [0.2, 0.25) is 0 Å². The van der Waals surface area contributed by atoms with Crippen molar-refractivity contribution in [2.75, 3.05) is 0 Å². The molecular weight excluding hydrogens is 390 g/mol. The summed E-state index contributed by atoms with van der Waals surface area (Å²) < 4.78 is 23.9. The number of nitrogens with zero attached hydrogens (tertiary/aromatic N) is 2. The number of sulfonamides is 1. The maximum absolute atomic E-state index is 12.0. The SMILES string of the molecule is Cc1cc(CNCc2ccc(-c3cccc(S(N)(=O)=O)c3/C(N)=N/N)cc2)n[nH]1. The summed E-state index contributed by atoms with van der Waals surface area (Å²) in [7, 11) is -4.00. The zero-order valence-corrected chi connectivity index (χ0v) is 16.7. The lowest BCUT2D eigenvalue weighted by atomic mass is 9.98. The molecule has 0 amide bonds. The Morgan fingerprint density at radius 1 is 1.17 bits per heavy atom. The molecule has 29 heavy (non-hydrogen) atoms. The van der Waals surface area contributed by atoms with Gasteiger partial charge in [-0.15, -0.1) is 0 Å². The highest BCUT2D eigenvalue weighted by atomic mass is 32.2. The highest BCUT2D eigenvalue weighted by Gasteiger charge is 2.20. The van der Waals surface area contributed by atoms with E-state index in [-0.39, 0.29) is 16.3 Å². The second kappa shape index (κ2) is 8.43. The quantitative estimate of drug-likeness (QED) is 0.167. The van der Waals surface area contributed by atoms with Crippen molar-refractivity contribution in [1.29, 1.82) is 0 Å². The molecule has 0 aliphatic carbocycles. The van der Waals surface area contributed by atoms with Crippen LogP contribution in [0.15, 0.2) is 58.5 Å². The number of aromatic nitrogens is 2. The fourth-order valence-electron chi connectivity index (χ4n) is 3.04. The molecule has 3 rings (SSSR count). The Morgan fingerprint density at radius 3 is 2.48 bits per heavy atom. The van der Waals surface area contributed by atoms with Crippen LogP contribution in [0.3, 0.4) is 0 Å². The predicted molar refractivity (Wildman–Crippen MR) is 112 cm³/mol. The number of primary sulfonamides is 1. The fourth-order valence-corrected chi connectivity index (χ4v) is 3.81. The molecule has 0 spiro atoms. The number of hydrogen-bond donors (Lipinski definition) is 5. The van der Waals surface area contributed by atoms with E-state index in [9.17, 15) is 8.42 Å². The van der Waals surface area contributed by atoms with Crippen molar-refractivity contribution in [3.05, 3.63) is 71.0 Å². The van der Waals surface area contributed by atoms with Gasteiger partial charge in [0.1, 0.15) is 0 Å². The van der Waals surface area contributed by atoms with Crippen molar-refractivity contribution >= 4 is 15.9 Å². The van der Waals surface area contributed by atoms with Gasteiger partial charge in [-0.2, -0.15) is 10.2 Å². The van der Waals surface area contributed by atoms with Gasteiger partial charge in [-0.05, 0) is 35.7 Å². The standard InChI is InChI=1S/C19H23N7O2S/c1-12-9-15(26-25-12)11-23-10-13-5-7-14(8-6-13)16-3-2-4-17(29(22,27)28)18(16)19(20)24-21/h2-9,23H,10-11,21H2,1H3,(H2,20,24)(H,25,26)(H2,22,27,28). The van der Waals surface area contributed by atoms with Crippen LogP contribution in [0.4, 0.5) is 0 Å². The second-order valence-electron chi connectivity index (χ2n) is 6.58. The smallest absolute Gasteiger partial charge is 0.238 e. The molecule has 1 heterocycles. The van der Waals surface area contributed by atoms with Gasteiger partial charge in [-0.25, -0.2) is 13.6 Å². The van der Waals surface area contributed by atoms with E-state index >= 15 is 0 Å². The first-order chi connectivity index (χ1) is 13.8. The van der Waals surface area contributed by atoms with Crippen LogP contribution in [-0.2, 0) is 23.1 Å². The molecule has 0 saturated heterocycles. The molecule has 0 fully saturated rings. The Bertz CT molecular complexity index is 1140. The van der Waals surface area contributed by atoms with E-state index in [1.807, 2.05) is 37.3 Å². The number of aryl methyl sites for hydroxylation is 1. The summed E-state index contributed by atoms with van der Waals surface area (Å²) >= 11 is 0. The van der Waals surface area contributed by atoms with Gasteiger partial charge in [0.2, 0.25) is 10.0 Å². The minimum atomic E-state index is -4.00. The minimum Gasteiger partial charge on any atom is -0.382 e. The van der Waals surface area contributed by atoms with Crippen LogP contribution in [-0.4, -0.2) is 24.5 Å². The molecule has 0 saturated carbocycles. The van der Waals surface area contributed by atoms with Gasteiger partial charge in [-0.1, -0.05) is 36.4 Å². The van der Waals surface area contributed by atoms with E-state index in [0.29, 0.717) is 18.7 Å². The van der Waals surface area contributed by atoms with Gasteiger partial charge in [0.15, 0.2) is 5.84 Å². The lowest BCUT2D eigenvalue weighted by Gasteiger charge is -2.13. The maximum atomic E-state index is 12.0. The molecule has 2 aromatic carbocycles. The van der Waals surface area contributed by atoms with Crippen molar-refractivity contribution in [2.45, 2.75) is 24.9 Å². The maximum Gasteiger partial charge on any atom is 0.238 e. The lowest BCUT2D eigenvalue weighted by molar-refractivity contribution is 0.597. The summed E-state index contributed by atoms with van der Waals surface area (Å²) in [6, 6.07) is 14.4. The van der Waals surface area contributed by atoms with Crippen LogP contribution < -0.4 is 22.0 Å². The number of aromatic amines is 1. The molecule has 8 N–H and O–H groups in total. The summed E-state index contributed by atoms with van der Waals surface area (Å²) in [5.41, 5.74) is 10.4. The monoisotopic (exact) mass is 413 g/mol. The average molecular weight is 414 g/mol. The summed E-state index contributed by atoms with van der Waals surface area (Å²) in [6.45, 7) is 3.26. The normalized spacial score (nSPS) is 12.3. The minimum absolute atomic E-state index is 0.107. The number of rotatable bonds is 7. The molecular formula is C19H23N7O2S. The fraction of sp³-hybridized carbons (Fsp3) is 0.158. The third kappa shape index (κ3) is 4.80. The molecule has 0 aliphatic rings. The van der Waals surface area contributed by atoms with E-state index in [2.05, 4.69) is 20.6 Å². The molecule has 0 atom stereocenters. The van der Waals surface area contributed by atoms with Crippen LogP contribution in [0, 0.1) is 6.92 Å². The van der Waals surface area contributed by atoms with E-state index in [0.717, 1.165) is 22.5 Å². The first-order valence-electron chi connectivity index (χ1n) is 8.80. The Balaban J connectivity index is 1.84. The second-order valence-corrected chi connectivity index (χ2v) is 8.11. The average Bonchev–Trinajstić information content (AvgIpc) is 3.11. The van der Waals surface area contributed by atoms with Crippen molar-refractivity contribution in [3.63, 3.8) is 0 Å². The summed E-state index contributed by atoms with van der Waals surface area (Å²) in [5, 5.41) is 19.2. The molecule has 10 heteroatoms. The molecule has 0 aliphatic heterocycles. The van der Waals surface area contributed by atoms with E-state index < -0.39 is 10.0 Å². The summed E-state index contributed by atoms with van der Waals surface area (Å²) in [4.78, 5) is -0.123. The van der Waals surface area contributed by atoms with Gasteiger partial charge in [-0.3, -0.25) is 5.10 Å².